The number of carbonyl (C=O) groups is 1. The summed E-state index contributed by atoms with van der Waals surface area (Å²) in [6, 6.07) is 7.98. The van der Waals surface area contributed by atoms with Crippen molar-refractivity contribution in [1.29, 1.82) is 0 Å². The van der Waals surface area contributed by atoms with Gasteiger partial charge < -0.3 is 24.6 Å². The fourth-order valence-electron chi connectivity index (χ4n) is 2.91. The summed E-state index contributed by atoms with van der Waals surface area (Å²) in [5.41, 5.74) is 1.90. The van der Waals surface area contributed by atoms with Crippen LogP contribution in [0.25, 0.3) is 0 Å². The van der Waals surface area contributed by atoms with E-state index in [1.54, 1.807) is 23.5 Å². The van der Waals surface area contributed by atoms with E-state index in [1.807, 2.05) is 22.9 Å². The van der Waals surface area contributed by atoms with Crippen molar-refractivity contribution in [3.8, 4) is 0 Å². The average Bonchev–Trinajstić information content (AvgIpc) is 3.28. The standard InChI is InChI=1S/C21H24FNO5S/c22-18-3-1-15(2-4-18)13-23-21(25)19-11-17(16-5-10-29-14-16)12-20(28-19)27-9-8-26-7-6-24/h1-5,10-11,14,17,20,24H,6-9,12-13H2,(H,23,25). The van der Waals surface area contributed by atoms with Gasteiger partial charge in [0.15, 0.2) is 5.76 Å². The summed E-state index contributed by atoms with van der Waals surface area (Å²) < 4.78 is 29.7. The molecular formula is C21H24FNO5S. The molecule has 0 saturated carbocycles. The molecular weight excluding hydrogens is 397 g/mol. The van der Waals surface area contributed by atoms with Gasteiger partial charge in [-0.3, -0.25) is 4.79 Å². The fraction of sp³-hybridized carbons (Fsp3) is 0.381. The predicted octanol–water partition coefficient (Wildman–Crippen LogP) is 2.94. The number of aliphatic hydroxyl groups is 1. The lowest BCUT2D eigenvalue weighted by atomic mass is 9.95. The summed E-state index contributed by atoms with van der Waals surface area (Å²) in [7, 11) is 0. The van der Waals surface area contributed by atoms with E-state index in [1.165, 1.54) is 12.1 Å². The van der Waals surface area contributed by atoms with Gasteiger partial charge in [-0.25, -0.2) is 4.39 Å². The van der Waals surface area contributed by atoms with E-state index in [9.17, 15) is 9.18 Å². The molecule has 3 rings (SSSR count). The Bertz CT molecular complexity index is 794. The number of thiophene rings is 1. The van der Waals surface area contributed by atoms with Gasteiger partial charge in [0.2, 0.25) is 6.29 Å². The molecule has 0 fully saturated rings. The summed E-state index contributed by atoms with van der Waals surface area (Å²) in [6.45, 7) is 1.11. The van der Waals surface area contributed by atoms with Crippen molar-refractivity contribution >= 4 is 17.2 Å². The van der Waals surface area contributed by atoms with Crippen molar-refractivity contribution in [2.75, 3.05) is 26.4 Å². The Morgan fingerprint density at radius 1 is 1.24 bits per heavy atom. The number of allylic oxidation sites excluding steroid dienone is 1. The lowest BCUT2D eigenvalue weighted by Crippen LogP contribution is -2.33. The second-order valence-electron chi connectivity index (χ2n) is 6.49. The van der Waals surface area contributed by atoms with Gasteiger partial charge in [0, 0.05) is 18.9 Å². The van der Waals surface area contributed by atoms with Crippen LogP contribution in [0.3, 0.4) is 0 Å². The Morgan fingerprint density at radius 2 is 2.07 bits per heavy atom. The highest BCUT2D eigenvalue weighted by atomic mass is 32.1. The van der Waals surface area contributed by atoms with Gasteiger partial charge in [-0.2, -0.15) is 11.3 Å². The Balaban J connectivity index is 1.60. The van der Waals surface area contributed by atoms with Crippen molar-refractivity contribution in [2.24, 2.45) is 0 Å². The highest BCUT2D eigenvalue weighted by Crippen LogP contribution is 2.32. The van der Waals surface area contributed by atoms with Crippen molar-refractivity contribution in [3.63, 3.8) is 0 Å². The molecule has 0 saturated heterocycles. The van der Waals surface area contributed by atoms with Crippen LogP contribution in [0.1, 0.15) is 23.5 Å². The molecule has 2 atom stereocenters. The molecule has 2 aromatic rings. The number of hydrogen-bond acceptors (Lipinski definition) is 6. The molecule has 0 bridgehead atoms. The third-order valence-corrected chi connectivity index (χ3v) is 5.09. The van der Waals surface area contributed by atoms with Gasteiger partial charge in [-0.1, -0.05) is 12.1 Å². The quantitative estimate of drug-likeness (QED) is 0.577. The van der Waals surface area contributed by atoms with E-state index < -0.39 is 6.29 Å². The first-order valence-corrected chi connectivity index (χ1v) is 10.3. The molecule has 0 spiro atoms. The zero-order valence-corrected chi connectivity index (χ0v) is 16.7. The van der Waals surface area contributed by atoms with Gasteiger partial charge in [-0.05, 0) is 46.2 Å². The first-order valence-electron chi connectivity index (χ1n) is 9.39. The molecule has 1 amide bonds. The molecule has 156 valence electrons. The first-order chi connectivity index (χ1) is 14.2. The molecule has 1 aromatic heterocycles. The third kappa shape index (κ3) is 6.64. The zero-order chi connectivity index (χ0) is 20.5. The number of hydrogen-bond donors (Lipinski definition) is 2. The first kappa shape index (κ1) is 21.4. The summed E-state index contributed by atoms with van der Waals surface area (Å²) in [5, 5.41) is 15.6. The minimum Gasteiger partial charge on any atom is -0.459 e. The number of nitrogens with one attached hydrogen (secondary N) is 1. The van der Waals surface area contributed by atoms with Crippen LogP contribution < -0.4 is 5.32 Å². The molecule has 2 heterocycles. The van der Waals surface area contributed by atoms with Gasteiger partial charge in [0.05, 0.1) is 26.4 Å². The van der Waals surface area contributed by atoms with Gasteiger partial charge in [0.25, 0.3) is 5.91 Å². The minimum atomic E-state index is -0.575. The van der Waals surface area contributed by atoms with E-state index in [4.69, 9.17) is 19.3 Å². The summed E-state index contributed by atoms with van der Waals surface area (Å²) in [6.07, 6.45) is 1.82. The maximum absolute atomic E-state index is 13.0. The van der Waals surface area contributed by atoms with E-state index in [0.29, 0.717) is 19.6 Å². The maximum Gasteiger partial charge on any atom is 0.286 e. The van der Waals surface area contributed by atoms with Crippen LogP contribution in [-0.2, 0) is 25.5 Å². The fourth-order valence-corrected chi connectivity index (χ4v) is 3.64. The van der Waals surface area contributed by atoms with Crippen molar-refractivity contribution in [2.45, 2.75) is 25.2 Å². The normalized spacial score (nSPS) is 18.8. The number of halogens is 1. The van der Waals surface area contributed by atoms with Crippen LogP contribution in [0.5, 0.6) is 0 Å². The highest BCUT2D eigenvalue weighted by molar-refractivity contribution is 7.08. The molecule has 1 aliphatic heterocycles. The van der Waals surface area contributed by atoms with Crippen LogP contribution in [-0.4, -0.2) is 43.7 Å². The van der Waals surface area contributed by atoms with Gasteiger partial charge in [-0.15, -0.1) is 0 Å². The Labute approximate surface area is 172 Å². The molecule has 1 aromatic carbocycles. The number of benzene rings is 1. The molecule has 8 heteroatoms. The van der Waals surface area contributed by atoms with Crippen molar-refractivity contribution < 1.29 is 28.5 Å². The van der Waals surface area contributed by atoms with Crippen molar-refractivity contribution in [3.05, 3.63) is 69.9 Å². The van der Waals surface area contributed by atoms with E-state index in [2.05, 4.69) is 5.32 Å². The highest BCUT2D eigenvalue weighted by Gasteiger charge is 2.28. The smallest absolute Gasteiger partial charge is 0.286 e. The summed E-state index contributed by atoms with van der Waals surface area (Å²) in [5.74, 6) is -0.458. The minimum absolute atomic E-state index is 0.00457. The second-order valence-corrected chi connectivity index (χ2v) is 7.27. The second kappa shape index (κ2) is 11.1. The molecule has 2 N–H and O–H groups in total. The molecule has 2 unspecified atom stereocenters. The monoisotopic (exact) mass is 421 g/mol. The third-order valence-electron chi connectivity index (χ3n) is 4.39. The molecule has 0 aliphatic carbocycles. The Kier molecular flexibility index (Phi) is 8.18. The van der Waals surface area contributed by atoms with Crippen molar-refractivity contribution in [1.82, 2.24) is 5.32 Å². The lowest BCUT2D eigenvalue weighted by molar-refractivity contribution is -0.151. The number of ether oxygens (including phenoxy) is 3. The zero-order valence-electron chi connectivity index (χ0n) is 15.9. The van der Waals surface area contributed by atoms with E-state index in [-0.39, 0.29) is 43.2 Å². The van der Waals surface area contributed by atoms with Gasteiger partial charge in [0.1, 0.15) is 5.82 Å². The Morgan fingerprint density at radius 3 is 2.79 bits per heavy atom. The van der Waals surface area contributed by atoms with E-state index in [0.717, 1.165) is 11.1 Å². The predicted molar refractivity (Wildman–Crippen MR) is 107 cm³/mol. The summed E-state index contributed by atoms with van der Waals surface area (Å²) in [4.78, 5) is 12.6. The van der Waals surface area contributed by atoms with Crippen LogP contribution in [0.2, 0.25) is 0 Å². The number of carbonyl (C=O) groups excluding carboxylic acids is 1. The largest absolute Gasteiger partial charge is 0.459 e. The topological polar surface area (TPSA) is 77.0 Å². The van der Waals surface area contributed by atoms with Crippen LogP contribution in [0, 0.1) is 5.82 Å². The SMILES string of the molecule is O=C(NCc1ccc(F)cc1)C1=CC(c2ccsc2)CC(OCCOCCO)O1. The maximum atomic E-state index is 13.0. The van der Waals surface area contributed by atoms with Crippen LogP contribution >= 0.6 is 11.3 Å². The number of amides is 1. The number of rotatable bonds is 10. The van der Waals surface area contributed by atoms with E-state index >= 15 is 0 Å². The van der Waals surface area contributed by atoms with Crippen LogP contribution in [0.15, 0.2) is 52.9 Å². The summed E-state index contributed by atoms with van der Waals surface area (Å²) >= 11 is 1.59. The lowest BCUT2D eigenvalue weighted by Gasteiger charge is -2.29. The van der Waals surface area contributed by atoms with Crippen LogP contribution in [0.4, 0.5) is 4.39 Å². The molecule has 0 radical (unpaired) electrons. The Hall–Kier alpha value is -2.26. The average molecular weight is 421 g/mol. The molecule has 6 nitrogen and oxygen atoms in total. The number of aliphatic hydroxyl groups excluding tert-OH is 1. The van der Waals surface area contributed by atoms with Gasteiger partial charge >= 0.3 is 0 Å². The molecule has 29 heavy (non-hydrogen) atoms. The molecule has 1 aliphatic rings.